The molecule has 0 radical (unpaired) electrons. The summed E-state index contributed by atoms with van der Waals surface area (Å²) in [6.07, 6.45) is 4.44. The Kier molecular flexibility index (Phi) is 1.80. The lowest BCUT2D eigenvalue weighted by Gasteiger charge is -2.22. The zero-order chi connectivity index (χ0) is 15.4. The molecule has 0 saturated heterocycles. The first-order valence-electron chi connectivity index (χ1n) is 8.21. The van der Waals surface area contributed by atoms with E-state index in [-0.39, 0.29) is 11.2 Å². The van der Waals surface area contributed by atoms with Gasteiger partial charge in [-0.1, -0.05) is 42.5 Å². The van der Waals surface area contributed by atoms with Gasteiger partial charge in [0, 0.05) is 5.56 Å². The van der Waals surface area contributed by atoms with E-state index >= 15 is 0 Å². The van der Waals surface area contributed by atoms with Crippen LogP contribution < -0.4 is 0 Å². The van der Waals surface area contributed by atoms with Gasteiger partial charge in [0.25, 0.3) is 0 Å². The predicted octanol–water partition coefficient (Wildman–Crippen LogP) is 5.61. The highest BCUT2D eigenvalue weighted by Crippen LogP contribution is 2.57. The van der Waals surface area contributed by atoms with Crippen LogP contribution >= 0.6 is 0 Å². The molecule has 0 amide bonds. The lowest BCUT2D eigenvalue weighted by atomic mass is 9.78. The molecule has 2 bridgehead atoms. The molecule has 23 heavy (non-hydrogen) atoms. The topological polar surface area (TPSA) is 9.23 Å². The van der Waals surface area contributed by atoms with E-state index in [0.29, 0.717) is 0 Å². The first-order valence-corrected chi connectivity index (χ1v) is 8.21. The first kappa shape index (κ1) is 12.1. The Balaban J connectivity index is 1.93. The van der Waals surface area contributed by atoms with Crippen LogP contribution in [0, 0.1) is 0 Å². The molecule has 0 fully saturated rings. The van der Waals surface area contributed by atoms with Crippen molar-refractivity contribution in [2.75, 3.05) is 0 Å². The third-order valence-corrected chi connectivity index (χ3v) is 5.82. The molecule has 0 aromatic heterocycles. The van der Waals surface area contributed by atoms with E-state index in [2.05, 4.69) is 74.5 Å². The Morgan fingerprint density at radius 2 is 1.43 bits per heavy atom. The molecular weight excluding hydrogens is 280 g/mol. The normalized spacial score (nSPS) is 28.4. The number of rotatable bonds is 0. The van der Waals surface area contributed by atoms with Crippen molar-refractivity contribution in [1.82, 2.24) is 0 Å². The van der Waals surface area contributed by atoms with Gasteiger partial charge in [-0.05, 0) is 69.9 Å². The average Bonchev–Trinajstić information content (AvgIpc) is 2.99. The van der Waals surface area contributed by atoms with E-state index in [4.69, 9.17) is 4.74 Å². The van der Waals surface area contributed by atoms with E-state index < -0.39 is 0 Å². The zero-order valence-corrected chi connectivity index (χ0v) is 13.2. The number of hydrogen-bond acceptors (Lipinski definition) is 1. The third-order valence-electron chi connectivity index (χ3n) is 5.82. The van der Waals surface area contributed by atoms with Gasteiger partial charge in [-0.15, -0.1) is 0 Å². The number of ether oxygens (including phenoxy) is 1. The number of fused-ring (bicyclic) bond motifs is 6. The van der Waals surface area contributed by atoms with Crippen molar-refractivity contribution in [3.63, 3.8) is 0 Å². The van der Waals surface area contributed by atoms with Gasteiger partial charge in [0.1, 0.15) is 11.2 Å². The molecular formula is C22H16O. The molecule has 2 aliphatic heterocycles. The van der Waals surface area contributed by atoms with Crippen LogP contribution in [-0.4, -0.2) is 0 Å². The van der Waals surface area contributed by atoms with Crippen LogP contribution in [0.25, 0.3) is 32.3 Å². The third kappa shape index (κ3) is 1.22. The molecule has 110 valence electrons. The van der Waals surface area contributed by atoms with Gasteiger partial charge in [0.15, 0.2) is 0 Å². The zero-order valence-electron chi connectivity index (χ0n) is 13.2. The van der Waals surface area contributed by atoms with Crippen molar-refractivity contribution in [1.29, 1.82) is 0 Å². The van der Waals surface area contributed by atoms with Gasteiger partial charge < -0.3 is 4.74 Å². The standard InChI is InChI=1S/C22H16O/c1-21-10-11-22(2,23-21)20-16-9-8-14-5-3-4-13-6-7-15(12-17(20)21)19(16)18(13)14/h3-12H,1-2H3. The van der Waals surface area contributed by atoms with E-state index in [1.165, 1.54) is 43.4 Å². The van der Waals surface area contributed by atoms with E-state index in [0.717, 1.165) is 0 Å². The highest BCUT2D eigenvalue weighted by molar-refractivity contribution is 6.24. The van der Waals surface area contributed by atoms with Crippen molar-refractivity contribution in [2.24, 2.45) is 0 Å². The number of benzene rings is 4. The summed E-state index contributed by atoms with van der Waals surface area (Å²) in [7, 11) is 0. The van der Waals surface area contributed by atoms with Crippen LogP contribution in [0.2, 0.25) is 0 Å². The fourth-order valence-electron chi connectivity index (χ4n) is 4.84. The lowest BCUT2D eigenvalue weighted by Crippen LogP contribution is -2.17. The van der Waals surface area contributed by atoms with Gasteiger partial charge in [0.05, 0.1) is 0 Å². The molecule has 2 heterocycles. The summed E-state index contributed by atoms with van der Waals surface area (Å²) in [5.74, 6) is 0. The van der Waals surface area contributed by atoms with Crippen molar-refractivity contribution >= 4 is 32.3 Å². The second-order valence-electron chi connectivity index (χ2n) is 7.30. The highest BCUT2D eigenvalue weighted by atomic mass is 16.5. The smallest absolute Gasteiger partial charge is 0.111 e. The van der Waals surface area contributed by atoms with Crippen LogP contribution in [0.3, 0.4) is 0 Å². The summed E-state index contributed by atoms with van der Waals surface area (Å²) in [6, 6.07) is 17.9. The van der Waals surface area contributed by atoms with Gasteiger partial charge in [-0.2, -0.15) is 0 Å². The number of hydrogen-bond donors (Lipinski definition) is 0. The molecule has 0 N–H and O–H groups in total. The molecule has 4 aromatic rings. The molecule has 1 nitrogen and oxygen atoms in total. The largest absolute Gasteiger partial charge is 0.351 e. The molecule has 0 spiro atoms. The first-order chi connectivity index (χ1) is 11.1. The van der Waals surface area contributed by atoms with E-state index in [9.17, 15) is 0 Å². The minimum atomic E-state index is -0.299. The highest BCUT2D eigenvalue weighted by Gasteiger charge is 2.51. The van der Waals surface area contributed by atoms with Gasteiger partial charge in [0.2, 0.25) is 0 Å². The van der Waals surface area contributed by atoms with Gasteiger partial charge in [-0.25, -0.2) is 0 Å². The molecule has 1 heteroatoms. The van der Waals surface area contributed by atoms with Crippen LogP contribution in [0.1, 0.15) is 25.0 Å². The maximum atomic E-state index is 6.42. The summed E-state index contributed by atoms with van der Waals surface area (Å²) in [4.78, 5) is 0. The SMILES string of the molecule is CC12C=CC(C)(O1)c1c2cc2ccc3cccc4ccc1c2c34. The second-order valence-corrected chi connectivity index (χ2v) is 7.30. The molecule has 0 aliphatic carbocycles. The Labute approximate surface area is 134 Å². The minimum Gasteiger partial charge on any atom is -0.351 e. The van der Waals surface area contributed by atoms with Crippen molar-refractivity contribution < 1.29 is 4.74 Å². The lowest BCUT2D eigenvalue weighted by molar-refractivity contribution is -0.0490. The van der Waals surface area contributed by atoms with E-state index in [1.807, 2.05) is 0 Å². The van der Waals surface area contributed by atoms with Crippen LogP contribution in [0.4, 0.5) is 0 Å². The van der Waals surface area contributed by atoms with Crippen molar-refractivity contribution in [3.05, 3.63) is 71.8 Å². The Bertz CT molecular complexity index is 1150. The quantitative estimate of drug-likeness (QED) is 0.302. The molecule has 2 unspecified atom stereocenters. The fourth-order valence-corrected chi connectivity index (χ4v) is 4.84. The monoisotopic (exact) mass is 296 g/mol. The van der Waals surface area contributed by atoms with Crippen LogP contribution in [0.5, 0.6) is 0 Å². The Morgan fingerprint density at radius 1 is 0.739 bits per heavy atom. The Hall–Kier alpha value is -2.38. The summed E-state index contributed by atoms with van der Waals surface area (Å²) < 4.78 is 6.42. The minimum absolute atomic E-state index is 0.283. The Morgan fingerprint density at radius 3 is 2.26 bits per heavy atom. The van der Waals surface area contributed by atoms with Crippen LogP contribution in [0.15, 0.2) is 60.7 Å². The molecule has 2 aliphatic rings. The maximum absolute atomic E-state index is 6.42. The molecule has 6 rings (SSSR count). The van der Waals surface area contributed by atoms with Gasteiger partial charge >= 0.3 is 0 Å². The second kappa shape index (κ2) is 3.42. The van der Waals surface area contributed by atoms with E-state index in [1.54, 1.807) is 0 Å². The van der Waals surface area contributed by atoms with Crippen molar-refractivity contribution in [3.8, 4) is 0 Å². The molecule has 0 saturated carbocycles. The molecule has 2 atom stereocenters. The summed E-state index contributed by atoms with van der Waals surface area (Å²) in [6.45, 7) is 4.37. The maximum Gasteiger partial charge on any atom is 0.111 e. The fraction of sp³-hybridized carbons (Fsp3) is 0.182. The summed E-state index contributed by atoms with van der Waals surface area (Å²) in [5, 5.41) is 8.06. The summed E-state index contributed by atoms with van der Waals surface area (Å²) in [5.41, 5.74) is 2.10. The summed E-state index contributed by atoms with van der Waals surface area (Å²) >= 11 is 0. The predicted molar refractivity (Wildman–Crippen MR) is 95.1 cm³/mol. The van der Waals surface area contributed by atoms with Crippen LogP contribution in [-0.2, 0) is 15.9 Å². The molecule has 4 aromatic carbocycles. The average molecular weight is 296 g/mol. The van der Waals surface area contributed by atoms with Crippen molar-refractivity contribution in [2.45, 2.75) is 25.0 Å². The van der Waals surface area contributed by atoms with Gasteiger partial charge in [-0.3, -0.25) is 0 Å².